The van der Waals surface area contributed by atoms with Gasteiger partial charge in [-0.3, -0.25) is 5.84 Å². The number of nitrogens with zero attached hydrogens (tertiary/aromatic N) is 2. The van der Waals surface area contributed by atoms with Gasteiger partial charge in [-0.2, -0.15) is 0 Å². The molecule has 0 bridgehead atoms. The number of rotatable bonds is 3. The van der Waals surface area contributed by atoms with Gasteiger partial charge < -0.3 is 4.90 Å². The first-order valence-corrected chi connectivity index (χ1v) is 5.95. The Kier molecular flexibility index (Phi) is 3.42. The van der Waals surface area contributed by atoms with Crippen molar-refractivity contribution in [3.63, 3.8) is 0 Å². The molecule has 0 atom stereocenters. The minimum Gasteiger partial charge on any atom is -0.303 e. The molecule has 0 aromatic carbocycles. The van der Waals surface area contributed by atoms with Gasteiger partial charge in [0.1, 0.15) is 0 Å². The second-order valence-electron chi connectivity index (χ2n) is 5.00. The fourth-order valence-electron chi connectivity index (χ4n) is 2.52. The van der Waals surface area contributed by atoms with Crippen LogP contribution in [0.25, 0.3) is 0 Å². The zero-order valence-corrected chi connectivity index (χ0v) is 9.28. The van der Waals surface area contributed by atoms with Crippen LogP contribution < -0.4 is 5.84 Å². The average Bonchev–Trinajstić information content (AvgIpc) is 2.06. The third kappa shape index (κ3) is 2.47. The van der Waals surface area contributed by atoms with Crippen molar-refractivity contribution in [2.45, 2.75) is 38.1 Å². The maximum absolute atomic E-state index is 5.74. The number of hydrogen-bond donors (Lipinski definition) is 1. The molecule has 14 heavy (non-hydrogen) atoms. The minimum absolute atomic E-state index is 0.889. The third-order valence-electron chi connectivity index (χ3n) is 3.89. The van der Waals surface area contributed by atoms with E-state index in [1.807, 2.05) is 5.01 Å². The molecule has 0 aromatic heterocycles. The quantitative estimate of drug-likeness (QED) is 0.687. The maximum atomic E-state index is 5.74. The number of hydrogen-bond acceptors (Lipinski definition) is 3. The fraction of sp³-hybridized carbons (Fsp3) is 1.00. The molecule has 0 unspecified atom stereocenters. The third-order valence-corrected chi connectivity index (χ3v) is 3.89. The van der Waals surface area contributed by atoms with E-state index in [-0.39, 0.29) is 0 Å². The maximum Gasteiger partial charge on any atom is 0.0131 e. The SMILES string of the molecule is CN(CC1CCN(N)CC1)C1CCC1. The van der Waals surface area contributed by atoms with E-state index in [9.17, 15) is 0 Å². The number of nitrogens with two attached hydrogens (primary N) is 1. The number of hydrazine groups is 1. The topological polar surface area (TPSA) is 32.5 Å². The van der Waals surface area contributed by atoms with Crippen LogP contribution in [-0.2, 0) is 0 Å². The fourth-order valence-corrected chi connectivity index (χ4v) is 2.52. The molecule has 1 saturated heterocycles. The van der Waals surface area contributed by atoms with Crippen LogP contribution in [0.15, 0.2) is 0 Å². The predicted octanol–water partition coefficient (Wildman–Crippen LogP) is 1.06. The zero-order chi connectivity index (χ0) is 9.97. The highest BCUT2D eigenvalue weighted by molar-refractivity contribution is 4.80. The molecule has 1 aliphatic heterocycles. The molecule has 82 valence electrons. The van der Waals surface area contributed by atoms with E-state index in [1.165, 1.54) is 38.6 Å². The molecule has 3 nitrogen and oxygen atoms in total. The summed E-state index contributed by atoms with van der Waals surface area (Å²) in [6.07, 6.45) is 6.86. The van der Waals surface area contributed by atoms with Gasteiger partial charge in [0.2, 0.25) is 0 Å². The first-order chi connectivity index (χ1) is 6.75. The van der Waals surface area contributed by atoms with Gasteiger partial charge in [-0.15, -0.1) is 0 Å². The zero-order valence-electron chi connectivity index (χ0n) is 9.28. The van der Waals surface area contributed by atoms with Gasteiger partial charge in [0.15, 0.2) is 0 Å². The van der Waals surface area contributed by atoms with Crippen LogP contribution in [0, 0.1) is 5.92 Å². The average molecular weight is 197 g/mol. The first-order valence-electron chi connectivity index (χ1n) is 5.95. The van der Waals surface area contributed by atoms with Crippen LogP contribution in [-0.4, -0.2) is 42.6 Å². The Balaban J connectivity index is 1.68. The van der Waals surface area contributed by atoms with Crippen molar-refractivity contribution in [2.75, 3.05) is 26.7 Å². The Morgan fingerprint density at radius 1 is 1.21 bits per heavy atom. The van der Waals surface area contributed by atoms with Gasteiger partial charge >= 0.3 is 0 Å². The molecule has 1 heterocycles. The molecule has 2 rings (SSSR count). The van der Waals surface area contributed by atoms with Crippen molar-refractivity contribution in [1.29, 1.82) is 0 Å². The summed E-state index contributed by atoms with van der Waals surface area (Å²) in [6.45, 7) is 3.46. The molecule has 1 saturated carbocycles. The van der Waals surface area contributed by atoms with E-state index in [0.29, 0.717) is 0 Å². The Bertz CT molecular complexity index is 171. The van der Waals surface area contributed by atoms with Crippen LogP contribution in [0.4, 0.5) is 0 Å². The summed E-state index contributed by atoms with van der Waals surface area (Å²) >= 11 is 0. The van der Waals surface area contributed by atoms with Crippen LogP contribution >= 0.6 is 0 Å². The molecule has 0 amide bonds. The predicted molar refractivity (Wildman–Crippen MR) is 58.8 cm³/mol. The van der Waals surface area contributed by atoms with Crippen molar-refractivity contribution < 1.29 is 0 Å². The molecule has 2 aliphatic rings. The highest BCUT2D eigenvalue weighted by atomic mass is 15.4. The monoisotopic (exact) mass is 197 g/mol. The van der Waals surface area contributed by atoms with Gasteiger partial charge in [0.25, 0.3) is 0 Å². The summed E-state index contributed by atoms with van der Waals surface area (Å²) < 4.78 is 0. The Hall–Kier alpha value is -0.120. The summed E-state index contributed by atoms with van der Waals surface area (Å²) in [5.74, 6) is 6.63. The van der Waals surface area contributed by atoms with Crippen LogP contribution in [0.5, 0.6) is 0 Å². The summed E-state index contributed by atoms with van der Waals surface area (Å²) in [6, 6.07) is 0.894. The molecule has 2 fully saturated rings. The number of piperidine rings is 1. The van der Waals surface area contributed by atoms with E-state index in [4.69, 9.17) is 5.84 Å². The molecular weight excluding hydrogens is 174 g/mol. The van der Waals surface area contributed by atoms with Gasteiger partial charge in [-0.05, 0) is 38.6 Å². The van der Waals surface area contributed by atoms with E-state index < -0.39 is 0 Å². The molecule has 2 N–H and O–H groups in total. The van der Waals surface area contributed by atoms with E-state index >= 15 is 0 Å². The summed E-state index contributed by atoms with van der Waals surface area (Å²) in [5, 5.41) is 1.96. The second-order valence-corrected chi connectivity index (χ2v) is 5.00. The first kappa shape index (κ1) is 10.4. The van der Waals surface area contributed by atoms with Crippen LogP contribution in [0.2, 0.25) is 0 Å². The molecule has 1 aliphatic carbocycles. The van der Waals surface area contributed by atoms with Crippen molar-refractivity contribution in [3.8, 4) is 0 Å². The van der Waals surface area contributed by atoms with E-state index in [0.717, 1.165) is 25.0 Å². The summed E-state index contributed by atoms with van der Waals surface area (Å²) in [4.78, 5) is 2.57. The minimum atomic E-state index is 0.889. The van der Waals surface area contributed by atoms with Crippen LogP contribution in [0.1, 0.15) is 32.1 Å². The molecule has 0 spiro atoms. The lowest BCUT2D eigenvalue weighted by Gasteiger charge is -2.38. The largest absolute Gasteiger partial charge is 0.303 e. The lowest BCUT2D eigenvalue weighted by Crippen LogP contribution is -2.44. The van der Waals surface area contributed by atoms with Gasteiger partial charge in [-0.1, -0.05) is 6.42 Å². The molecule has 0 aromatic rings. The van der Waals surface area contributed by atoms with E-state index in [2.05, 4.69) is 11.9 Å². The lowest BCUT2D eigenvalue weighted by atomic mass is 9.90. The van der Waals surface area contributed by atoms with E-state index in [1.54, 1.807) is 0 Å². The van der Waals surface area contributed by atoms with Crippen molar-refractivity contribution in [3.05, 3.63) is 0 Å². The van der Waals surface area contributed by atoms with Gasteiger partial charge in [0.05, 0.1) is 0 Å². The Morgan fingerprint density at radius 3 is 2.36 bits per heavy atom. The van der Waals surface area contributed by atoms with Gasteiger partial charge in [0, 0.05) is 25.7 Å². The molecule has 0 radical (unpaired) electrons. The Morgan fingerprint density at radius 2 is 1.86 bits per heavy atom. The van der Waals surface area contributed by atoms with Crippen LogP contribution in [0.3, 0.4) is 0 Å². The normalized spacial score (nSPS) is 26.8. The summed E-state index contributed by atoms with van der Waals surface area (Å²) in [7, 11) is 2.29. The molecule has 3 heteroatoms. The molecular formula is C11H23N3. The highest BCUT2D eigenvalue weighted by Crippen LogP contribution is 2.25. The highest BCUT2D eigenvalue weighted by Gasteiger charge is 2.25. The van der Waals surface area contributed by atoms with Crippen molar-refractivity contribution in [1.82, 2.24) is 9.91 Å². The van der Waals surface area contributed by atoms with Crippen molar-refractivity contribution >= 4 is 0 Å². The summed E-state index contributed by atoms with van der Waals surface area (Å²) in [5.41, 5.74) is 0. The lowest BCUT2D eigenvalue weighted by molar-refractivity contribution is 0.105. The van der Waals surface area contributed by atoms with Crippen molar-refractivity contribution in [2.24, 2.45) is 11.8 Å². The second kappa shape index (κ2) is 4.60. The smallest absolute Gasteiger partial charge is 0.0131 e. The Labute approximate surface area is 87.2 Å². The standard InChI is InChI=1S/C11H23N3/c1-13(11-3-2-4-11)9-10-5-7-14(12)8-6-10/h10-11H,2-9,12H2,1H3. The van der Waals surface area contributed by atoms with Gasteiger partial charge in [-0.25, -0.2) is 5.01 Å².